The molecule has 6 heteroatoms. The summed E-state index contributed by atoms with van der Waals surface area (Å²) in [6, 6.07) is 23.3. The molecule has 1 unspecified atom stereocenters. The number of carbonyl (C=O) groups is 1. The van der Waals surface area contributed by atoms with E-state index < -0.39 is 0 Å². The van der Waals surface area contributed by atoms with E-state index in [4.69, 9.17) is 4.74 Å². The number of para-hydroxylation sites is 1. The van der Waals surface area contributed by atoms with E-state index in [1.165, 1.54) is 0 Å². The summed E-state index contributed by atoms with van der Waals surface area (Å²) in [6.07, 6.45) is 0.647. The summed E-state index contributed by atoms with van der Waals surface area (Å²) >= 11 is 0. The van der Waals surface area contributed by atoms with Gasteiger partial charge in [-0.1, -0.05) is 48.0 Å². The van der Waals surface area contributed by atoms with Crippen LogP contribution in [0, 0.1) is 6.92 Å². The quantitative estimate of drug-likeness (QED) is 0.534. The van der Waals surface area contributed by atoms with Gasteiger partial charge in [-0.3, -0.25) is 0 Å². The normalized spacial score (nSPS) is 16.3. The number of hydrogen-bond donors (Lipinski definition) is 3. The molecular formula is C24H24N4O2. The Morgan fingerprint density at radius 2 is 1.77 bits per heavy atom. The van der Waals surface area contributed by atoms with E-state index >= 15 is 0 Å². The Kier molecular flexibility index (Phi) is 5.66. The standard InChI is InChI=1S/C24H24N4O2/c1-16-7-11-18(12-8-16)25-24(29)28-27-23-15-22(17-9-13-19(30-2)14-10-17)26-21-6-4-3-5-20(21)23/h3-14,22,26H,15H2,1-2H3,(H2,25,28,29). The molecule has 3 N–H and O–H groups in total. The first kappa shape index (κ1) is 19.5. The molecule has 0 aromatic heterocycles. The smallest absolute Gasteiger partial charge is 0.339 e. The lowest BCUT2D eigenvalue weighted by molar-refractivity contribution is 0.252. The van der Waals surface area contributed by atoms with Gasteiger partial charge < -0.3 is 15.4 Å². The van der Waals surface area contributed by atoms with Crippen LogP contribution >= 0.6 is 0 Å². The Morgan fingerprint density at radius 3 is 2.50 bits per heavy atom. The Hall–Kier alpha value is -3.80. The lowest BCUT2D eigenvalue weighted by Gasteiger charge is -2.28. The van der Waals surface area contributed by atoms with Crippen molar-refractivity contribution in [1.82, 2.24) is 5.43 Å². The van der Waals surface area contributed by atoms with Gasteiger partial charge in [-0.05, 0) is 42.8 Å². The van der Waals surface area contributed by atoms with E-state index in [1.807, 2.05) is 79.7 Å². The number of nitrogens with zero attached hydrogens (tertiary/aromatic N) is 1. The zero-order chi connectivity index (χ0) is 20.9. The van der Waals surface area contributed by atoms with Crippen molar-refractivity contribution in [3.05, 3.63) is 89.5 Å². The number of hydrazone groups is 1. The second-order valence-corrected chi connectivity index (χ2v) is 7.21. The van der Waals surface area contributed by atoms with Crippen LogP contribution in [0.2, 0.25) is 0 Å². The number of fused-ring (bicyclic) bond motifs is 1. The number of benzene rings is 3. The van der Waals surface area contributed by atoms with Crippen LogP contribution in [0.25, 0.3) is 0 Å². The van der Waals surface area contributed by atoms with Gasteiger partial charge in [0.25, 0.3) is 0 Å². The molecule has 0 saturated carbocycles. The van der Waals surface area contributed by atoms with Gasteiger partial charge in [0.1, 0.15) is 5.75 Å². The topological polar surface area (TPSA) is 74.8 Å². The minimum atomic E-state index is -0.372. The first-order valence-electron chi connectivity index (χ1n) is 9.82. The second-order valence-electron chi connectivity index (χ2n) is 7.21. The van der Waals surface area contributed by atoms with E-state index in [1.54, 1.807) is 7.11 Å². The number of nitrogens with one attached hydrogen (secondary N) is 3. The third kappa shape index (κ3) is 4.43. The number of carbonyl (C=O) groups excluding carboxylic acids is 1. The largest absolute Gasteiger partial charge is 0.497 e. The molecular weight excluding hydrogens is 376 g/mol. The molecule has 30 heavy (non-hydrogen) atoms. The van der Waals surface area contributed by atoms with Crippen LogP contribution in [0.15, 0.2) is 77.9 Å². The van der Waals surface area contributed by atoms with Gasteiger partial charge in [0.05, 0.1) is 18.9 Å². The molecule has 2 amide bonds. The molecule has 1 atom stereocenters. The Labute approximate surface area is 176 Å². The summed E-state index contributed by atoms with van der Waals surface area (Å²) in [7, 11) is 1.65. The van der Waals surface area contributed by atoms with Crippen LogP contribution in [-0.4, -0.2) is 18.9 Å². The number of anilines is 2. The molecule has 0 fully saturated rings. The average Bonchev–Trinajstić information content (AvgIpc) is 2.79. The van der Waals surface area contributed by atoms with Gasteiger partial charge >= 0.3 is 6.03 Å². The second kappa shape index (κ2) is 8.69. The highest BCUT2D eigenvalue weighted by Crippen LogP contribution is 2.33. The lowest BCUT2D eigenvalue weighted by Crippen LogP contribution is -2.29. The van der Waals surface area contributed by atoms with Gasteiger partial charge in [-0.2, -0.15) is 5.10 Å². The monoisotopic (exact) mass is 400 g/mol. The summed E-state index contributed by atoms with van der Waals surface area (Å²) in [5.41, 5.74) is 8.42. The van der Waals surface area contributed by atoms with Crippen molar-refractivity contribution in [2.24, 2.45) is 5.10 Å². The van der Waals surface area contributed by atoms with Gasteiger partial charge in [0.2, 0.25) is 0 Å². The number of urea groups is 1. The number of rotatable bonds is 4. The molecule has 1 aliphatic heterocycles. The molecule has 0 bridgehead atoms. The van der Waals surface area contributed by atoms with E-state index in [9.17, 15) is 4.79 Å². The van der Waals surface area contributed by atoms with E-state index in [0.29, 0.717) is 6.42 Å². The van der Waals surface area contributed by atoms with Crippen LogP contribution < -0.4 is 20.8 Å². The zero-order valence-corrected chi connectivity index (χ0v) is 17.0. The van der Waals surface area contributed by atoms with Crippen molar-refractivity contribution in [2.75, 3.05) is 17.7 Å². The fourth-order valence-electron chi connectivity index (χ4n) is 3.46. The van der Waals surface area contributed by atoms with Crippen molar-refractivity contribution in [2.45, 2.75) is 19.4 Å². The Bertz CT molecular complexity index is 1060. The van der Waals surface area contributed by atoms with Crippen molar-refractivity contribution >= 4 is 23.1 Å². The molecule has 0 saturated heterocycles. The van der Waals surface area contributed by atoms with E-state index in [0.717, 1.165) is 39.5 Å². The molecule has 6 nitrogen and oxygen atoms in total. The fourth-order valence-corrected chi connectivity index (χ4v) is 3.46. The highest BCUT2D eigenvalue weighted by Gasteiger charge is 2.24. The predicted octanol–water partition coefficient (Wildman–Crippen LogP) is 5.09. The van der Waals surface area contributed by atoms with Crippen LogP contribution in [0.4, 0.5) is 16.2 Å². The molecule has 4 rings (SSSR count). The maximum atomic E-state index is 12.3. The van der Waals surface area contributed by atoms with Crippen LogP contribution in [0.3, 0.4) is 0 Å². The number of amides is 2. The third-order valence-electron chi connectivity index (χ3n) is 5.09. The number of aryl methyl sites for hydroxylation is 1. The molecule has 1 aliphatic rings. The fraction of sp³-hybridized carbons (Fsp3) is 0.167. The van der Waals surface area contributed by atoms with E-state index in [-0.39, 0.29) is 12.1 Å². The third-order valence-corrected chi connectivity index (χ3v) is 5.09. The molecule has 1 heterocycles. The van der Waals surface area contributed by atoms with Crippen LogP contribution in [0.1, 0.15) is 29.2 Å². The summed E-state index contributed by atoms with van der Waals surface area (Å²) in [5, 5.41) is 10.8. The van der Waals surface area contributed by atoms with Crippen molar-refractivity contribution in [3.63, 3.8) is 0 Å². The lowest BCUT2D eigenvalue weighted by atomic mass is 9.92. The maximum Gasteiger partial charge on any atom is 0.339 e. The number of methoxy groups -OCH3 is 1. The summed E-state index contributed by atoms with van der Waals surface area (Å²) < 4.78 is 5.26. The predicted molar refractivity (Wildman–Crippen MR) is 120 cm³/mol. The van der Waals surface area contributed by atoms with E-state index in [2.05, 4.69) is 21.2 Å². The highest BCUT2D eigenvalue weighted by molar-refractivity contribution is 6.07. The summed E-state index contributed by atoms with van der Waals surface area (Å²) in [4.78, 5) is 12.3. The van der Waals surface area contributed by atoms with Gasteiger partial charge in [0, 0.05) is 23.4 Å². The van der Waals surface area contributed by atoms with Crippen molar-refractivity contribution < 1.29 is 9.53 Å². The SMILES string of the molecule is COc1ccc(C2CC(=NNC(=O)Nc3ccc(C)cc3)c3ccccc3N2)cc1. The Balaban J connectivity index is 1.52. The van der Waals surface area contributed by atoms with Gasteiger partial charge in [0.15, 0.2) is 0 Å². The Morgan fingerprint density at radius 1 is 1.03 bits per heavy atom. The molecule has 152 valence electrons. The minimum Gasteiger partial charge on any atom is -0.497 e. The highest BCUT2D eigenvalue weighted by atomic mass is 16.5. The molecule has 0 spiro atoms. The first-order chi connectivity index (χ1) is 14.6. The average molecular weight is 400 g/mol. The zero-order valence-electron chi connectivity index (χ0n) is 17.0. The molecule has 3 aromatic rings. The molecule has 0 radical (unpaired) electrons. The van der Waals surface area contributed by atoms with Crippen molar-refractivity contribution in [1.29, 1.82) is 0 Å². The van der Waals surface area contributed by atoms with Gasteiger partial charge in [-0.25, -0.2) is 10.2 Å². The van der Waals surface area contributed by atoms with Crippen LogP contribution in [-0.2, 0) is 0 Å². The summed E-state index contributed by atoms with van der Waals surface area (Å²) in [5.74, 6) is 0.818. The van der Waals surface area contributed by atoms with Crippen LogP contribution in [0.5, 0.6) is 5.75 Å². The number of ether oxygens (including phenoxy) is 1. The minimum absolute atomic E-state index is 0.0477. The summed E-state index contributed by atoms with van der Waals surface area (Å²) in [6.45, 7) is 2.00. The van der Waals surface area contributed by atoms with Crippen molar-refractivity contribution in [3.8, 4) is 5.75 Å². The maximum absolute atomic E-state index is 12.3. The van der Waals surface area contributed by atoms with Gasteiger partial charge in [-0.15, -0.1) is 0 Å². The molecule has 3 aromatic carbocycles. The number of hydrogen-bond acceptors (Lipinski definition) is 4. The molecule has 0 aliphatic carbocycles. The first-order valence-corrected chi connectivity index (χ1v) is 9.82.